The van der Waals surface area contributed by atoms with Crippen LogP contribution in [-0.2, 0) is 0 Å². The van der Waals surface area contributed by atoms with Gasteiger partial charge in [-0.3, -0.25) is 5.10 Å². The second-order valence-electron chi connectivity index (χ2n) is 3.23. The third kappa shape index (κ3) is 2.06. The highest BCUT2D eigenvalue weighted by Crippen LogP contribution is 2.29. The van der Waals surface area contributed by atoms with Gasteiger partial charge in [-0.15, -0.1) is 0 Å². The summed E-state index contributed by atoms with van der Waals surface area (Å²) in [6.07, 6.45) is 5.73. The van der Waals surface area contributed by atoms with Crippen molar-refractivity contribution < 1.29 is 5.21 Å². The first-order valence-corrected chi connectivity index (χ1v) is 5.51. The van der Waals surface area contributed by atoms with Crippen LogP contribution in [0.4, 0.5) is 0 Å². The van der Waals surface area contributed by atoms with Crippen LogP contribution in [0, 0.1) is 0 Å². The van der Waals surface area contributed by atoms with E-state index in [0.717, 1.165) is 30.1 Å². The monoisotopic (exact) mass is 212 g/mol. The summed E-state index contributed by atoms with van der Waals surface area (Å²) in [6.45, 7) is 0. The molecule has 1 saturated carbocycles. The predicted molar refractivity (Wildman–Crippen MR) is 53.7 cm³/mol. The van der Waals surface area contributed by atoms with Crippen molar-refractivity contribution in [2.45, 2.75) is 36.1 Å². The Morgan fingerprint density at radius 1 is 1.57 bits per heavy atom. The number of oxime groups is 1. The zero-order chi connectivity index (χ0) is 9.80. The molecule has 1 heterocycles. The van der Waals surface area contributed by atoms with E-state index in [2.05, 4.69) is 20.3 Å². The fraction of sp³-hybridized carbons (Fsp3) is 0.625. The molecule has 1 aliphatic rings. The normalized spacial score (nSPS) is 25.4. The summed E-state index contributed by atoms with van der Waals surface area (Å²) in [6, 6.07) is 0. The molecule has 1 aliphatic carbocycles. The number of aromatic nitrogens is 3. The quantitative estimate of drug-likeness (QED) is 0.577. The molecule has 0 aromatic carbocycles. The Morgan fingerprint density at radius 2 is 2.50 bits per heavy atom. The maximum Gasteiger partial charge on any atom is 0.184 e. The van der Waals surface area contributed by atoms with Crippen LogP contribution in [-0.4, -0.2) is 31.4 Å². The van der Waals surface area contributed by atoms with Gasteiger partial charge < -0.3 is 5.21 Å². The SMILES string of the molecule is O/N=C1\CCCCC1Sc1ncn[nH]1. The molecule has 6 heteroatoms. The number of aromatic amines is 1. The van der Waals surface area contributed by atoms with Crippen LogP contribution in [0.25, 0.3) is 0 Å². The molecule has 0 radical (unpaired) electrons. The molecular weight excluding hydrogens is 200 g/mol. The smallest absolute Gasteiger partial charge is 0.184 e. The second kappa shape index (κ2) is 4.45. The minimum absolute atomic E-state index is 0.252. The van der Waals surface area contributed by atoms with Gasteiger partial charge >= 0.3 is 0 Å². The van der Waals surface area contributed by atoms with Gasteiger partial charge in [0.05, 0.1) is 11.0 Å². The van der Waals surface area contributed by atoms with Crippen molar-refractivity contribution in [1.29, 1.82) is 0 Å². The lowest BCUT2D eigenvalue weighted by atomic mass is 9.98. The summed E-state index contributed by atoms with van der Waals surface area (Å²) >= 11 is 1.58. The van der Waals surface area contributed by atoms with Crippen molar-refractivity contribution in [3.05, 3.63) is 6.33 Å². The molecule has 0 amide bonds. The fourth-order valence-corrected chi connectivity index (χ4v) is 2.66. The molecular formula is C8H12N4OS. The van der Waals surface area contributed by atoms with E-state index >= 15 is 0 Å². The van der Waals surface area contributed by atoms with Crippen LogP contribution < -0.4 is 0 Å². The van der Waals surface area contributed by atoms with Crippen LogP contribution in [0.15, 0.2) is 16.6 Å². The molecule has 76 valence electrons. The van der Waals surface area contributed by atoms with Crippen LogP contribution >= 0.6 is 11.8 Å². The lowest BCUT2D eigenvalue weighted by Gasteiger charge is -2.20. The Labute approximate surface area is 86.0 Å². The number of hydrogen-bond donors (Lipinski definition) is 2. The van der Waals surface area contributed by atoms with Crippen LogP contribution in [0.2, 0.25) is 0 Å². The van der Waals surface area contributed by atoms with E-state index < -0.39 is 0 Å². The number of nitrogens with one attached hydrogen (secondary N) is 1. The van der Waals surface area contributed by atoms with E-state index in [9.17, 15) is 0 Å². The van der Waals surface area contributed by atoms with E-state index in [4.69, 9.17) is 5.21 Å². The highest BCUT2D eigenvalue weighted by Gasteiger charge is 2.22. The zero-order valence-electron chi connectivity index (χ0n) is 7.68. The number of rotatable bonds is 2. The van der Waals surface area contributed by atoms with Gasteiger partial charge in [-0.05, 0) is 19.3 Å². The Hall–Kier alpha value is -1.04. The van der Waals surface area contributed by atoms with Crippen molar-refractivity contribution in [1.82, 2.24) is 15.2 Å². The van der Waals surface area contributed by atoms with Crippen molar-refractivity contribution in [3.8, 4) is 0 Å². The lowest BCUT2D eigenvalue weighted by Crippen LogP contribution is -2.21. The van der Waals surface area contributed by atoms with Gasteiger partial charge in [0.1, 0.15) is 6.33 Å². The summed E-state index contributed by atoms with van der Waals surface area (Å²) in [5, 5.41) is 19.8. The first kappa shape index (κ1) is 9.51. The highest BCUT2D eigenvalue weighted by molar-refractivity contribution is 8.00. The van der Waals surface area contributed by atoms with E-state index in [0.29, 0.717) is 0 Å². The summed E-state index contributed by atoms with van der Waals surface area (Å²) in [5.74, 6) is 0. The maximum absolute atomic E-state index is 8.82. The highest BCUT2D eigenvalue weighted by atomic mass is 32.2. The minimum Gasteiger partial charge on any atom is -0.411 e. The summed E-state index contributed by atoms with van der Waals surface area (Å²) < 4.78 is 0. The van der Waals surface area contributed by atoms with Gasteiger partial charge in [-0.1, -0.05) is 23.3 Å². The molecule has 1 aromatic heterocycles. The molecule has 0 spiro atoms. The lowest BCUT2D eigenvalue weighted by molar-refractivity contribution is 0.314. The Bertz CT molecular complexity index is 311. The van der Waals surface area contributed by atoms with Crippen molar-refractivity contribution in [3.63, 3.8) is 0 Å². The topological polar surface area (TPSA) is 74.2 Å². The van der Waals surface area contributed by atoms with Gasteiger partial charge in [-0.2, -0.15) is 5.10 Å². The molecule has 14 heavy (non-hydrogen) atoms. The molecule has 5 nitrogen and oxygen atoms in total. The van der Waals surface area contributed by atoms with E-state index in [1.807, 2.05) is 0 Å². The Balaban J connectivity index is 2.02. The Morgan fingerprint density at radius 3 is 3.21 bits per heavy atom. The third-order valence-electron chi connectivity index (χ3n) is 2.30. The molecule has 1 fully saturated rings. The van der Waals surface area contributed by atoms with E-state index in [1.165, 1.54) is 12.7 Å². The van der Waals surface area contributed by atoms with Crippen LogP contribution in [0.1, 0.15) is 25.7 Å². The van der Waals surface area contributed by atoms with E-state index in [-0.39, 0.29) is 5.25 Å². The van der Waals surface area contributed by atoms with E-state index in [1.54, 1.807) is 11.8 Å². The summed E-state index contributed by atoms with van der Waals surface area (Å²) in [5.41, 5.74) is 0.873. The second-order valence-corrected chi connectivity index (χ2v) is 4.43. The molecule has 1 atom stereocenters. The predicted octanol–water partition coefficient (Wildman–Crippen LogP) is 1.67. The van der Waals surface area contributed by atoms with Gasteiger partial charge in [-0.25, -0.2) is 4.98 Å². The number of H-pyrrole nitrogens is 1. The van der Waals surface area contributed by atoms with Gasteiger partial charge in [0.2, 0.25) is 0 Å². The van der Waals surface area contributed by atoms with Gasteiger partial charge in [0.15, 0.2) is 5.16 Å². The zero-order valence-corrected chi connectivity index (χ0v) is 8.50. The fourth-order valence-electron chi connectivity index (χ4n) is 1.59. The Kier molecular flexibility index (Phi) is 3.03. The first-order valence-electron chi connectivity index (χ1n) is 4.63. The van der Waals surface area contributed by atoms with Crippen molar-refractivity contribution in [2.24, 2.45) is 5.16 Å². The van der Waals surface area contributed by atoms with Crippen molar-refractivity contribution >= 4 is 17.5 Å². The maximum atomic E-state index is 8.82. The van der Waals surface area contributed by atoms with Crippen LogP contribution in [0.5, 0.6) is 0 Å². The third-order valence-corrected chi connectivity index (χ3v) is 3.51. The number of hydrogen-bond acceptors (Lipinski definition) is 5. The van der Waals surface area contributed by atoms with Gasteiger partial charge in [0.25, 0.3) is 0 Å². The first-order chi connectivity index (χ1) is 6.90. The molecule has 1 unspecified atom stereocenters. The average molecular weight is 212 g/mol. The standard InChI is InChI=1S/C8H12N4OS/c13-12-6-3-1-2-4-7(6)14-8-9-5-10-11-8/h5,7,13H,1-4H2,(H,9,10,11)/b12-6+. The van der Waals surface area contributed by atoms with Crippen molar-refractivity contribution in [2.75, 3.05) is 0 Å². The molecule has 0 aliphatic heterocycles. The minimum atomic E-state index is 0.252. The average Bonchev–Trinajstić information content (AvgIpc) is 2.71. The molecule has 0 bridgehead atoms. The molecule has 2 N–H and O–H groups in total. The largest absolute Gasteiger partial charge is 0.411 e. The number of nitrogens with zero attached hydrogens (tertiary/aromatic N) is 3. The van der Waals surface area contributed by atoms with Crippen LogP contribution in [0.3, 0.4) is 0 Å². The number of thioether (sulfide) groups is 1. The summed E-state index contributed by atoms with van der Waals surface area (Å²) in [7, 11) is 0. The van der Waals surface area contributed by atoms with Gasteiger partial charge in [0, 0.05) is 0 Å². The summed E-state index contributed by atoms with van der Waals surface area (Å²) in [4.78, 5) is 4.04. The molecule has 0 saturated heterocycles. The molecule has 2 rings (SSSR count). The molecule has 1 aromatic rings.